The fourth-order valence-corrected chi connectivity index (χ4v) is 3.37. The van der Waals surface area contributed by atoms with Crippen LogP contribution in [0, 0.1) is 11.6 Å². The molecule has 0 aromatic heterocycles. The van der Waals surface area contributed by atoms with E-state index in [2.05, 4.69) is 11.6 Å². The summed E-state index contributed by atoms with van der Waals surface area (Å²) in [5, 5.41) is 3.77. The lowest BCUT2D eigenvalue weighted by atomic mass is 9.94. The summed E-state index contributed by atoms with van der Waals surface area (Å²) < 4.78 is 26.2. The van der Waals surface area contributed by atoms with Gasteiger partial charge < -0.3 is 11.1 Å². The Hall–Kier alpha value is -0.970. The molecule has 18 heavy (non-hydrogen) atoms. The number of hydrogen-bond donors (Lipinski definition) is 2. The predicted molar refractivity (Wildman–Crippen MR) is 74.0 cm³/mol. The van der Waals surface area contributed by atoms with Gasteiger partial charge in [-0.25, -0.2) is 8.78 Å². The van der Waals surface area contributed by atoms with Gasteiger partial charge in [0.25, 0.3) is 0 Å². The van der Waals surface area contributed by atoms with Gasteiger partial charge in [-0.05, 0) is 19.1 Å². The molecule has 5 heteroatoms. The lowest BCUT2D eigenvalue weighted by molar-refractivity contribution is 0.474. The lowest BCUT2D eigenvalue weighted by Gasteiger charge is -2.32. The van der Waals surface area contributed by atoms with Crippen LogP contribution in [0.2, 0.25) is 0 Å². The Balaban J connectivity index is 2.15. The van der Waals surface area contributed by atoms with Crippen molar-refractivity contribution in [1.82, 2.24) is 0 Å². The number of nitrogen functional groups attached to an aromatic ring is 1. The highest BCUT2D eigenvalue weighted by Crippen LogP contribution is 2.31. The largest absolute Gasteiger partial charge is 0.397 e. The number of anilines is 2. The lowest BCUT2D eigenvalue weighted by Crippen LogP contribution is -2.34. The summed E-state index contributed by atoms with van der Waals surface area (Å²) in [5.41, 5.74) is 6.48. The van der Waals surface area contributed by atoms with Gasteiger partial charge in [0.15, 0.2) is 11.6 Å². The molecule has 0 amide bonds. The molecule has 0 bridgehead atoms. The first-order valence-corrected chi connectivity index (χ1v) is 7.44. The van der Waals surface area contributed by atoms with E-state index >= 15 is 0 Å². The van der Waals surface area contributed by atoms with E-state index in [0.717, 1.165) is 31.4 Å². The first kappa shape index (κ1) is 13.5. The number of thioether (sulfide) groups is 1. The molecule has 0 heterocycles. The maximum Gasteiger partial charge on any atom is 0.161 e. The number of rotatable bonds is 3. The number of nitrogens with two attached hydrogens (primary N) is 1. The van der Waals surface area contributed by atoms with Crippen molar-refractivity contribution in [3.63, 3.8) is 0 Å². The monoisotopic (exact) mass is 272 g/mol. The smallest absolute Gasteiger partial charge is 0.161 e. The molecule has 1 saturated carbocycles. The predicted octanol–water partition coefficient (Wildman–Crippen LogP) is 3.63. The molecular weight excluding hydrogens is 254 g/mol. The van der Waals surface area contributed by atoms with Crippen molar-refractivity contribution in [2.75, 3.05) is 17.3 Å². The van der Waals surface area contributed by atoms with Crippen molar-refractivity contribution in [1.29, 1.82) is 0 Å². The second-order valence-corrected chi connectivity index (χ2v) is 5.74. The minimum atomic E-state index is -0.900. The van der Waals surface area contributed by atoms with Crippen LogP contribution in [0.4, 0.5) is 20.2 Å². The summed E-state index contributed by atoms with van der Waals surface area (Å²) in [6, 6.07) is 2.46. The third kappa shape index (κ3) is 2.88. The molecule has 2 atom stereocenters. The van der Waals surface area contributed by atoms with Gasteiger partial charge >= 0.3 is 0 Å². The summed E-state index contributed by atoms with van der Waals surface area (Å²) in [4.78, 5) is 0. The van der Waals surface area contributed by atoms with E-state index in [1.54, 1.807) is 0 Å². The molecule has 0 saturated heterocycles. The molecule has 100 valence electrons. The van der Waals surface area contributed by atoms with Gasteiger partial charge in [0.2, 0.25) is 0 Å². The Morgan fingerprint density at radius 2 is 1.89 bits per heavy atom. The zero-order valence-electron chi connectivity index (χ0n) is 10.4. The van der Waals surface area contributed by atoms with Crippen LogP contribution in [0.1, 0.15) is 25.7 Å². The molecule has 3 N–H and O–H groups in total. The Kier molecular flexibility index (Phi) is 4.32. The number of hydrogen-bond acceptors (Lipinski definition) is 3. The molecule has 1 aromatic carbocycles. The van der Waals surface area contributed by atoms with Crippen molar-refractivity contribution in [2.45, 2.75) is 37.0 Å². The van der Waals surface area contributed by atoms with Crippen LogP contribution in [0.3, 0.4) is 0 Å². The summed E-state index contributed by atoms with van der Waals surface area (Å²) in [5.74, 6) is -1.76. The molecule has 0 aliphatic heterocycles. The van der Waals surface area contributed by atoms with E-state index in [0.29, 0.717) is 10.9 Å². The Bertz CT molecular complexity index is 426. The normalized spacial score (nSPS) is 23.9. The molecule has 1 aliphatic rings. The minimum absolute atomic E-state index is 0.263. The Morgan fingerprint density at radius 1 is 1.22 bits per heavy atom. The topological polar surface area (TPSA) is 38.0 Å². The highest BCUT2D eigenvalue weighted by atomic mass is 32.2. The van der Waals surface area contributed by atoms with Crippen molar-refractivity contribution >= 4 is 23.1 Å². The van der Waals surface area contributed by atoms with E-state index < -0.39 is 11.6 Å². The summed E-state index contributed by atoms with van der Waals surface area (Å²) in [7, 11) is 0. The molecule has 1 fully saturated rings. The SMILES string of the molecule is CSC1CCCCC1Nc1cc(F)c(F)cc1N. The molecule has 2 unspecified atom stereocenters. The van der Waals surface area contributed by atoms with E-state index in [1.165, 1.54) is 6.42 Å². The number of nitrogens with one attached hydrogen (secondary N) is 1. The molecule has 2 nitrogen and oxygen atoms in total. The third-order valence-corrected chi connectivity index (χ3v) is 4.61. The molecule has 1 aliphatic carbocycles. The first-order chi connectivity index (χ1) is 8.61. The van der Waals surface area contributed by atoms with E-state index in [4.69, 9.17) is 5.73 Å². The van der Waals surface area contributed by atoms with E-state index in [1.807, 2.05) is 11.8 Å². The molecule has 0 spiro atoms. The third-order valence-electron chi connectivity index (χ3n) is 3.44. The van der Waals surface area contributed by atoms with Crippen LogP contribution >= 0.6 is 11.8 Å². The maximum atomic E-state index is 13.2. The van der Waals surface area contributed by atoms with Gasteiger partial charge in [-0.1, -0.05) is 12.8 Å². The quantitative estimate of drug-likeness (QED) is 0.825. The Morgan fingerprint density at radius 3 is 2.61 bits per heavy atom. The van der Waals surface area contributed by atoms with Crippen LogP contribution in [-0.4, -0.2) is 17.5 Å². The van der Waals surface area contributed by atoms with Crippen LogP contribution in [0.5, 0.6) is 0 Å². The zero-order chi connectivity index (χ0) is 13.1. The van der Waals surface area contributed by atoms with Crippen molar-refractivity contribution in [3.8, 4) is 0 Å². The summed E-state index contributed by atoms with van der Waals surface area (Å²) >= 11 is 1.82. The van der Waals surface area contributed by atoms with Gasteiger partial charge in [-0.3, -0.25) is 0 Å². The standard InChI is InChI=1S/C13H18F2N2S/c1-18-13-5-3-2-4-11(13)17-12-7-9(15)8(14)6-10(12)16/h6-7,11,13,17H,2-5,16H2,1H3. The van der Waals surface area contributed by atoms with Crippen molar-refractivity contribution < 1.29 is 8.78 Å². The van der Waals surface area contributed by atoms with E-state index in [9.17, 15) is 8.78 Å². The van der Waals surface area contributed by atoms with Gasteiger partial charge in [-0.15, -0.1) is 0 Å². The van der Waals surface area contributed by atoms with Crippen LogP contribution in [-0.2, 0) is 0 Å². The maximum absolute atomic E-state index is 13.2. The minimum Gasteiger partial charge on any atom is -0.397 e. The van der Waals surface area contributed by atoms with Gasteiger partial charge in [0.05, 0.1) is 11.4 Å². The average molecular weight is 272 g/mol. The van der Waals surface area contributed by atoms with Gasteiger partial charge in [0.1, 0.15) is 0 Å². The highest BCUT2D eigenvalue weighted by molar-refractivity contribution is 7.99. The molecular formula is C13H18F2N2S. The second-order valence-electron chi connectivity index (χ2n) is 4.66. The molecule has 1 aromatic rings. The van der Waals surface area contributed by atoms with Gasteiger partial charge in [0, 0.05) is 23.4 Å². The summed E-state index contributed by atoms with van der Waals surface area (Å²) in [6.07, 6.45) is 6.68. The summed E-state index contributed by atoms with van der Waals surface area (Å²) in [6.45, 7) is 0. The first-order valence-electron chi connectivity index (χ1n) is 6.15. The molecule has 2 rings (SSSR count). The van der Waals surface area contributed by atoms with Crippen LogP contribution < -0.4 is 11.1 Å². The van der Waals surface area contributed by atoms with Crippen molar-refractivity contribution in [2.24, 2.45) is 0 Å². The van der Waals surface area contributed by atoms with Crippen LogP contribution in [0.15, 0.2) is 12.1 Å². The number of benzene rings is 1. The fourth-order valence-electron chi connectivity index (χ4n) is 2.43. The van der Waals surface area contributed by atoms with E-state index in [-0.39, 0.29) is 11.7 Å². The van der Waals surface area contributed by atoms with Crippen molar-refractivity contribution in [3.05, 3.63) is 23.8 Å². The zero-order valence-corrected chi connectivity index (χ0v) is 11.2. The highest BCUT2D eigenvalue weighted by Gasteiger charge is 2.24. The Labute approximate surface area is 110 Å². The molecule has 0 radical (unpaired) electrons. The van der Waals surface area contributed by atoms with Crippen LogP contribution in [0.25, 0.3) is 0 Å². The fraction of sp³-hybridized carbons (Fsp3) is 0.538. The number of halogens is 2. The average Bonchev–Trinajstić information content (AvgIpc) is 2.36. The second kappa shape index (κ2) is 5.78. The van der Waals surface area contributed by atoms with Gasteiger partial charge in [-0.2, -0.15) is 11.8 Å².